The molecule has 0 aliphatic carbocycles. The van der Waals surface area contributed by atoms with Gasteiger partial charge in [-0.1, -0.05) is 24.6 Å². The predicted molar refractivity (Wildman–Crippen MR) is 109 cm³/mol. The maximum Gasteiger partial charge on any atom is 0.257 e. The first kappa shape index (κ1) is 18.5. The van der Waals surface area contributed by atoms with Gasteiger partial charge in [0.05, 0.1) is 22.0 Å². The van der Waals surface area contributed by atoms with Gasteiger partial charge in [-0.25, -0.2) is 0 Å². The molecule has 138 valence electrons. The summed E-state index contributed by atoms with van der Waals surface area (Å²) in [7, 11) is 0. The van der Waals surface area contributed by atoms with Gasteiger partial charge in [0.1, 0.15) is 0 Å². The minimum Gasteiger partial charge on any atom is -0.399 e. The summed E-state index contributed by atoms with van der Waals surface area (Å²) in [5.74, 6) is -0.228. The number of piperazine rings is 1. The molecule has 0 aromatic heterocycles. The van der Waals surface area contributed by atoms with Crippen LogP contribution in [-0.2, 0) is 0 Å². The predicted octanol–water partition coefficient (Wildman–Crippen LogP) is 3.62. The third-order valence-electron chi connectivity index (χ3n) is 4.80. The summed E-state index contributed by atoms with van der Waals surface area (Å²) in [5, 5.41) is 3.44. The van der Waals surface area contributed by atoms with Gasteiger partial charge < -0.3 is 20.9 Å². The van der Waals surface area contributed by atoms with Crippen LogP contribution in [0.1, 0.15) is 22.8 Å². The van der Waals surface area contributed by atoms with Gasteiger partial charge in [-0.2, -0.15) is 0 Å². The molecule has 1 aliphatic rings. The van der Waals surface area contributed by atoms with Gasteiger partial charge in [-0.05, 0) is 49.4 Å². The van der Waals surface area contributed by atoms with E-state index >= 15 is 0 Å². The number of amides is 1. The van der Waals surface area contributed by atoms with Gasteiger partial charge in [0, 0.05) is 31.9 Å². The Morgan fingerprint density at radius 3 is 2.54 bits per heavy atom. The first-order chi connectivity index (χ1) is 12.5. The standard InChI is InChI=1S/C20H25ClN4O/c1-3-24-8-10-25(11-9-24)19-7-5-15(22)13-18(19)23-20(26)16-6-4-14(2)12-17(16)21/h4-7,12-13H,3,8-11,22H2,1-2H3,(H,23,26). The van der Waals surface area contributed by atoms with Crippen LogP contribution in [0.5, 0.6) is 0 Å². The maximum absolute atomic E-state index is 12.7. The van der Waals surface area contributed by atoms with Crippen molar-refractivity contribution in [1.29, 1.82) is 0 Å². The number of benzene rings is 2. The van der Waals surface area contributed by atoms with Crippen molar-refractivity contribution < 1.29 is 4.79 Å². The van der Waals surface area contributed by atoms with Crippen LogP contribution in [0.2, 0.25) is 5.02 Å². The highest BCUT2D eigenvalue weighted by atomic mass is 35.5. The minimum absolute atomic E-state index is 0.228. The molecule has 26 heavy (non-hydrogen) atoms. The molecule has 0 bridgehead atoms. The quantitative estimate of drug-likeness (QED) is 0.804. The van der Waals surface area contributed by atoms with Gasteiger partial charge in [-0.3, -0.25) is 4.79 Å². The number of rotatable bonds is 4. The summed E-state index contributed by atoms with van der Waals surface area (Å²) in [4.78, 5) is 17.4. The molecule has 1 heterocycles. The Kier molecular flexibility index (Phi) is 5.69. The fourth-order valence-corrected chi connectivity index (χ4v) is 3.55. The molecule has 1 fully saturated rings. The smallest absolute Gasteiger partial charge is 0.257 e. The van der Waals surface area contributed by atoms with Crippen molar-refractivity contribution in [2.24, 2.45) is 0 Å². The van der Waals surface area contributed by atoms with E-state index in [1.807, 2.05) is 31.2 Å². The van der Waals surface area contributed by atoms with Crippen LogP contribution in [0, 0.1) is 6.92 Å². The fourth-order valence-electron chi connectivity index (χ4n) is 3.23. The number of hydrogen-bond acceptors (Lipinski definition) is 4. The summed E-state index contributed by atoms with van der Waals surface area (Å²) < 4.78 is 0. The zero-order valence-corrected chi connectivity index (χ0v) is 16.0. The van der Waals surface area contributed by atoms with Gasteiger partial charge in [-0.15, -0.1) is 0 Å². The molecular weight excluding hydrogens is 348 g/mol. The molecule has 0 radical (unpaired) electrons. The Balaban J connectivity index is 1.83. The molecule has 2 aromatic rings. The Hall–Kier alpha value is -2.24. The molecule has 0 spiro atoms. The number of carbonyl (C=O) groups is 1. The molecular formula is C20H25ClN4O. The number of nitrogens with two attached hydrogens (primary N) is 1. The lowest BCUT2D eigenvalue weighted by Gasteiger charge is -2.36. The number of nitrogens with zero attached hydrogens (tertiary/aromatic N) is 2. The van der Waals surface area contributed by atoms with E-state index in [9.17, 15) is 4.79 Å². The van der Waals surface area contributed by atoms with Gasteiger partial charge >= 0.3 is 0 Å². The van der Waals surface area contributed by atoms with Crippen molar-refractivity contribution in [1.82, 2.24) is 4.90 Å². The van der Waals surface area contributed by atoms with E-state index in [4.69, 9.17) is 17.3 Å². The number of aryl methyl sites for hydroxylation is 1. The minimum atomic E-state index is -0.228. The molecule has 1 aliphatic heterocycles. The number of halogens is 1. The molecule has 6 heteroatoms. The summed E-state index contributed by atoms with van der Waals surface area (Å²) in [6.45, 7) is 9.05. The van der Waals surface area contributed by atoms with E-state index in [-0.39, 0.29) is 5.91 Å². The second-order valence-corrected chi connectivity index (χ2v) is 7.04. The SMILES string of the molecule is CCN1CCN(c2ccc(N)cc2NC(=O)c2ccc(C)cc2Cl)CC1. The van der Waals surface area contributed by atoms with Crippen molar-refractivity contribution in [2.75, 3.05) is 48.7 Å². The van der Waals surface area contributed by atoms with E-state index < -0.39 is 0 Å². The zero-order valence-electron chi connectivity index (χ0n) is 15.3. The summed E-state index contributed by atoms with van der Waals surface area (Å²) in [5.41, 5.74) is 9.77. The lowest BCUT2D eigenvalue weighted by atomic mass is 10.1. The zero-order chi connectivity index (χ0) is 18.7. The van der Waals surface area contributed by atoms with Gasteiger partial charge in [0.15, 0.2) is 0 Å². The summed E-state index contributed by atoms with van der Waals surface area (Å²) >= 11 is 6.24. The van der Waals surface area contributed by atoms with Crippen LogP contribution in [0.3, 0.4) is 0 Å². The molecule has 0 unspecified atom stereocenters. The van der Waals surface area contributed by atoms with Crippen LogP contribution in [0.4, 0.5) is 17.1 Å². The third kappa shape index (κ3) is 4.11. The lowest BCUT2D eigenvalue weighted by Crippen LogP contribution is -2.46. The number of anilines is 3. The van der Waals surface area contributed by atoms with Gasteiger partial charge in [0.25, 0.3) is 5.91 Å². The summed E-state index contributed by atoms with van der Waals surface area (Å²) in [6, 6.07) is 11.1. The molecule has 2 aromatic carbocycles. The molecule has 3 N–H and O–H groups in total. The first-order valence-electron chi connectivity index (χ1n) is 8.92. The lowest BCUT2D eigenvalue weighted by molar-refractivity contribution is 0.102. The average Bonchev–Trinajstić information content (AvgIpc) is 2.62. The Bertz CT molecular complexity index is 800. The Labute approximate surface area is 159 Å². The fraction of sp³-hybridized carbons (Fsp3) is 0.350. The normalized spacial score (nSPS) is 15.1. The second kappa shape index (κ2) is 7.98. The van der Waals surface area contributed by atoms with Crippen molar-refractivity contribution in [3.8, 4) is 0 Å². The van der Waals surface area contributed by atoms with Crippen LogP contribution < -0.4 is 16.0 Å². The molecule has 0 saturated carbocycles. The van der Waals surface area contributed by atoms with E-state index in [0.29, 0.717) is 16.3 Å². The average molecular weight is 373 g/mol. The first-order valence-corrected chi connectivity index (χ1v) is 9.30. The number of hydrogen-bond donors (Lipinski definition) is 2. The molecule has 1 saturated heterocycles. The van der Waals surface area contributed by atoms with Crippen molar-refractivity contribution in [3.63, 3.8) is 0 Å². The van der Waals surface area contributed by atoms with Gasteiger partial charge in [0.2, 0.25) is 0 Å². The van der Waals surface area contributed by atoms with Crippen LogP contribution in [0.25, 0.3) is 0 Å². The van der Waals surface area contributed by atoms with E-state index in [2.05, 4.69) is 22.0 Å². The van der Waals surface area contributed by atoms with Crippen molar-refractivity contribution >= 4 is 34.6 Å². The number of likely N-dealkylation sites (N-methyl/N-ethyl adjacent to an activating group) is 1. The van der Waals surface area contributed by atoms with Crippen LogP contribution in [0.15, 0.2) is 36.4 Å². The molecule has 5 nitrogen and oxygen atoms in total. The molecule has 1 amide bonds. The van der Waals surface area contributed by atoms with E-state index in [1.165, 1.54) is 0 Å². The monoisotopic (exact) mass is 372 g/mol. The highest BCUT2D eigenvalue weighted by Crippen LogP contribution is 2.30. The largest absolute Gasteiger partial charge is 0.399 e. The molecule has 3 rings (SSSR count). The van der Waals surface area contributed by atoms with Crippen LogP contribution >= 0.6 is 11.6 Å². The topological polar surface area (TPSA) is 61.6 Å². The maximum atomic E-state index is 12.7. The second-order valence-electron chi connectivity index (χ2n) is 6.64. The van der Waals surface area contributed by atoms with Crippen molar-refractivity contribution in [3.05, 3.63) is 52.5 Å². The van der Waals surface area contributed by atoms with Crippen LogP contribution in [-0.4, -0.2) is 43.5 Å². The van der Waals surface area contributed by atoms with Crippen molar-refractivity contribution in [2.45, 2.75) is 13.8 Å². The highest BCUT2D eigenvalue weighted by molar-refractivity contribution is 6.34. The Morgan fingerprint density at radius 1 is 1.15 bits per heavy atom. The number of nitrogen functional groups attached to an aromatic ring is 1. The summed E-state index contributed by atoms with van der Waals surface area (Å²) in [6.07, 6.45) is 0. The van der Waals surface area contributed by atoms with E-state index in [0.717, 1.165) is 49.7 Å². The highest BCUT2D eigenvalue weighted by Gasteiger charge is 2.20. The Morgan fingerprint density at radius 2 is 1.88 bits per heavy atom. The molecule has 0 atom stereocenters. The number of nitrogens with one attached hydrogen (secondary N) is 1. The third-order valence-corrected chi connectivity index (χ3v) is 5.11. The number of carbonyl (C=O) groups excluding carboxylic acids is 1. The van der Waals surface area contributed by atoms with E-state index in [1.54, 1.807) is 12.1 Å².